The minimum Gasteiger partial charge on any atom is -0.393 e. The van der Waals surface area contributed by atoms with Crippen molar-refractivity contribution in [1.29, 1.82) is 0 Å². The van der Waals surface area contributed by atoms with Crippen molar-refractivity contribution in [2.75, 3.05) is 13.1 Å². The first kappa shape index (κ1) is 16.4. The van der Waals surface area contributed by atoms with Gasteiger partial charge in [-0.15, -0.1) is 0 Å². The Kier molecular flexibility index (Phi) is 6.19. The molecule has 0 saturated heterocycles. The Hall–Kier alpha value is -0.930. The molecule has 0 heterocycles. The fourth-order valence-electron chi connectivity index (χ4n) is 3.39. The average molecular weight is 305 g/mol. The van der Waals surface area contributed by atoms with Crippen molar-refractivity contribution >= 4 is 17.2 Å². The second-order valence-corrected chi connectivity index (χ2v) is 7.12. The van der Waals surface area contributed by atoms with Gasteiger partial charge in [-0.05, 0) is 24.3 Å². The molecule has 1 fully saturated rings. The van der Waals surface area contributed by atoms with E-state index >= 15 is 0 Å². The minimum atomic E-state index is 0.167. The van der Waals surface area contributed by atoms with Crippen molar-refractivity contribution in [1.82, 2.24) is 4.90 Å². The SMILES string of the molecule is CC(C)CN(CC(C(N)=S)c1ccccc1)C1CCCC1. The molecular weight excluding hydrogens is 276 g/mol. The molecule has 1 atom stereocenters. The summed E-state index contributed by atoms with van der Waals surface area (Å²) in [5.41, 5.74) is 7.30. The molecule has 1 aliphatic rings. The maximum Gasteiger partial charge on any atom is 0.0816 e. The summed E-state index contributed by atoms with van der Waals surface area (Å²) >= 11 is 5.36. The molecule has 0 amide bonds. The topological polar surface area (TPSA) is 29.3 Å². The van der Waals surface area contributed by atoms with Crippen molar-refractivity contribution in [2.45, 2.75) is 51.5 Å². The lowest BCUT2D eigenvalue weighted by atomic mass is 9.97. The molecule has 0 aliphatic heterocycles. The van der Waals surface area contributed by atoms with E-state index in [0.29, 0.717) is 16.9 Å². The minimum absolute atomic E-state index is 0.167. The van der Waals surface area contributed by atoms with E-state index in [2.05, 4.69) is 43.0 Å². The Morgan fingerprint density at radius 2 is 1.81 bits per heavy atom. The summed E-state index contributed by atoms with van der Waals surface area (Å²) in [5.74, 6) is 0.842. The van der Waals surface area contributed by atoms with Crippen LogP contribution >= 0.6 is 12.2 Å². The summed E-state index contributed by atoms with van der Waals surface area (Å²) in [4.78, 5) is 3.25. The van der Waals surface area contributed by atoms with Crippen LogP contribution in [-0.2, 0) is 0 Å². The van der Waals surface area contributed by atoms with Gasteiger partial charge in [-0.2, -0.15) is 0 Å². The van der Waals surface area contributed by atoms with Gasteiger partial charge in [0.2, 0.25) is 0 Å². The largest absolute Gasteiger partial charge is 0.393 e. The van der Waals surface area contributed by atoms with Gasteiger partial charge < -0.3 is 5.73 Å². The lowest BCUT2D eigenvalue weighted by Gasteiger charge is -2.33. The van der Waals surface area contributed by atoms with E-state index in [1.54, 1.807) is 0 Å². The number of benzene rings is 1. The molecular formula is C18H28N2S. The molecule has 2 nitrogen and oxygen atoms in total. The van der Waals surface area contributed by atoms with Crippen LogP contribution in [0.25, 0.3) is 0 Å². The molecule has 2 rings (SSSR count). The molecule has 1 aliphatic carbocycles. The van der Waals surface area contributed by atoms with E-state index in [-0.39, 0.29) is 5.92 Å². The summed E-state index contributed by atoms with van der Waals surface area (Å²) in [6, 6.07) is 11.2. The first-order chi connectivity index (χ1) is 10.1. The highest BCUT2D eigenvalue weighted by Crippen LogP contribution is 2.27. The highest BCUT2D eigenvalue weighted by Gasteiger charge is 2.27. The zero-order valence-corrected chi connectivity index (χ0v) is 14.1. The summed E-state index contributed by atoms with van der Waals surface area (Å²) in [5, 5.41) is 0. The monoisotopic (exact) mass is 304 g/mol. The number of thiocarbonyl (C=S) groups is 1. The summed E-state index contributed by atoms with van der Waals surface area (Å²) in [6.07, 6.45) is 5.38. The van der Waals surface area contributed by atoms with E-state index in [1.807, 2.05) is 6.07 Å². The Morgan fingerprint density at radius 3 is 2.33 bits per heavy atom. The molecule has 0 aromatic heterocycles. The smallest absolute Gasteiger partial charge is 0.0816 e. The number of hydrogen-bond donors (Lipinski definition) is 1. The van der Waals surface area contributed by atoms with Crippen LogP contribution in [0, 0.1) is 5.92 Å². The molecule has 2 N–H and O–H groups in total. The summed E-state index contributed by atoms with van der Waals surface area (Å²) in [6.45, 7) is 6.68. The lowest BCUT2D eigenvalue weighted by Crippen LogP contribution is -2.41. The average Bonchev–Trinajstić information content (AvgIpc) is 2.97. The van der Waals surface area contributed by atoms with Crippen LogP contribution in [0.4, 0.5) is 0 Å². The van der Waals surface area contributed by atoms with Gasteiger partial charge in [0.05, 0.1) is 4.99 Å². The van der Waals surface area contributed by atoms with Crippen molar-refractivity contribution in [3.05, 3.63) is 35.9 Å². The number of nitrogens with zero attached hydrogens (tertiary/aromatic N) is 1. The van der Waals surface area contributed by atoms with Crippen LogP contribution in [0.2, 0.25) is 0 Å². The fourth-order valence-corrected chi connectivity index (χ4v) is 3.60. The quantitative estimate of drug-likeness (QED) is 0.773. The van der Waals surface area contributed by atoms with E-state index in [1.165, 1.54) is 31.2 Å². The summed E-state index contributed by atoms with van der Waals surface area (Å²) < 4.78 is 0. The molecule has 1 aromatic carbocycles. The normalized spacial score (nSPS) is 17.5. The van der Waals surface area contributed by atoms with Gasteiger partial charge in [-0.25, -0.2) is 0 Å². The molecule has 1 unspecified atom stereocenters. The lowest BCUT2D eigenvalue weighted by molar-refractivity contribution is 0.175. The maximum atomic E-state index is 6.05. The Labute approximate surface area is 134 Å². The highest BCUT2D eigenvalue weighted by molar-refractivity contribution is 7.80. The molecule has 3 heteroatoms. The van der Waals surface area contributed by atoms with Crippen molar-refractivity contribution in [2.24, 2.45) is 11.7 Å². The molecule has 0 radical (unpaired) electrons. The van der Waals surface area contributed by atoms with Crippen LogP contribution < -0.4 is 5.73 Å². The Bertz CT molecular complexity index is 438. The van der Waals surface area contributed by atoms with Crippen LogP contribution in [-0.4, -0.2) is 29.0 Å². The van der Waals surface area contributed by atoms with Gasteiger partial charge in [-0.1, -0.05) is 69.2 Å². The third-order valence-electron chi connectivity index (χ3n) is 4.40. The molecule has 1 aromatic rings. The standard InChI is InChI=1S/C18H28N2S/c1-14(2)12-20(16-10-6-7-11-16)13-17(18(19)21)15-8-4-3-5-9-15/h3-5,8-9,14,16-17H,6-7,10-13H2,1-2H3,(H2,19,21). The third-order valence-corrected chi connectivity index (χ3v) is 4.69. The van der Waals surface area contributed by atoms with Crippen LogP contribution in [0.5, 0.6) is 0 Å². The van der Waals surface area contributed by atoms with E-state index in [9.17, 15) is 0 Å². The Morgan fingerprint density at radius 1 is 1.19 bits per heavy atom. The van der Waals surface area contributed by atoms with Gasteiger partial charge in [0, 0.05) is 25.0 Å². The van der Waals surface area contributed by atoms with Crippen molar-refractivity contribution in [3.8, 4) is 0 Å². The van der Waals surface area contributed by atoms with Crippen LogP contribution in [0.15, 0.2) is 30.3 Å². The number of hydrogen-bond acceptors (Lipinski definition) is 2. The van der Waals surface area contributed by atoms with Crippen molar-refractivity contribution in [3.63, 3.8) is 0 Å². The van der Waals surface area contributed by atoms with Gasteiger partial charge in [0.25, 0.3) is 0 Å². The molecule has 1 saturated carbocycles. The second kappa shape index (κ2) is 7.90. The Balaban J connectivity index is 2.13. The van der Waals surface area contributed by atoms with Gasteiger partial charge >= 0.3 is 0 Å². The zero-order valence-electron chi connectivity index (χ0n) is 13.3. The molecule has 21 heavy (non-hydrogen) atoms. The molecule has 116 valence electrons. The van der Waals surface area contributed by atoms with E-state index < -0.39 is 0 Å². The number of rotatable bonds is 7. The predicted octanol–water partition coefficient (Wildman–Crippen LogP) is 3.96. The van der Waals surface area contributed by atoms with Crippen LogP contribution in [0.3, 0.4) is 0 Å². The van der Waals surface area contributed by atoms with Crippen molar-refractivity contribution < 1.29 is 0 Å². The van der Waals surface area contributed by atoms with Gasteiger partial charge in [0.1, 0.15) is 0 Å². The van der Waals surface area contributed by atoms with E-state index in [4.69, 9.17) is 18.0 Å². The number of nitrogens with two attached hydrogens (primary N) is 1. The molecule has 0 spiro atoms. The van der Waals surface area contributed by atoms with Gasteiger partial charge in [0.15, 0.2) is 0 Å². The predicted molar refractivity (Wildman–Crippen MR) is 94.6 cm³/mol. The maximum absolute atomic E-state index is 6.05. The van der Waals surface area contributed by atoms with Crippen LogP contribution in [0.1, 0.15) is 51.0 Å². The van der Waals surface area contributed by atoms with E-state index in [0.717, 1.165) is 13.1 Å². The van der Waals surface area contributed by atoms with Gasteiger partial charge in [-0.3, -0.25) is 4.90 Å². The third kappa shape index (κ3) is 4.79. The first-order valence-electron chi connectivity index (χ1n) is 8.16. The molecule has 0 bridgehead atoms. The highest BCUT2D eigenvalue weighted by atomic mass is 32.1. The second-order valence-electron chi connectivity index (χ2n) is 6.65. The first-order valence-corrected chi connectivity index (χ1v) is 8.57. The zero-order chi connectivity index (χ0) is 15.2. The fraction of sp³-hybridized carbons (Fsp3) is 0.611. The summed E-state index contributed by atoms with van der Waals surface area (Å²) in [7, 11) is 0.